The zero-order valence-corrected chi connectivity index (χ0v) is 15.9. The molecule has 1 aliphatic rings. The van der Waals surface area contributed by atoms with E-state index in [4.69, 9.17) is 0 Å². The van der Waals surface area contributed by atoms with Crippen LogP contribution in [-0.2, 0) is 12.8 Å². The molecule has 7 nitrogen and oxygen atoms in total. The highest BCUT2D eigenvalue weighted by atomic mass is 16.2. The largest absolute Gasteiger partial charge is 0.318 e. The molecule has 4 rings (SSSR count). The zero-order chi connectivity index (χ0) is 19.0. The van der Waals surface area contributed by atoms with E-state index in [1.165, 1.54) is 0 Å². The van der Waals surface area contributed by atoms with Crippen LogP contribution in [0.1, 0.15) is 60.7 Å². The normalized spacial score (nSPS) is 16.6. The number of rotatable bonds is 4. The third-order valence-electron chi connectivity index (χ3n) is 5.25. The number of aromatic amines is 1. The van der Waals surface area contributed by atoms with E-state index < -0.39 is 0 Å². The van der Waals surface area contributed by atoms with Crippen molar-refractivity contribution >= 4 is 11.6 Å². The Balaban J connectivity index is 1.49. The number of anilines is 1. The maximum atomic E-state index is 12.7. The second-order valence-electron chi connectivity index (χ2n) is 7.96. The Kier molecular flexibility index (Phi) is 4.30. The second-order valence-corrected chi connectivity index (χ2v) is 7.96. The molecule has 0 saturated carbocycles. The molecule has 0 bridgehead atoms. The van der Waals surface area contributed by atoms with Crippen molar-refractivity contribution in [3.8, 4) is 0 Å². The van der Waals surface area contributed by atoms with Gasteiger partial charge in [-0.05, 0) is 43.7 Å². The van der Waals surface area contributed by atoms with Crippen LogP contribution in [-0.4, -0.2) is 30.9 Å². The van der Waals surface area contributed by atoms with Gasteiger partial charge in [-0.2, -0.15) is 10.2 Å². The van der Waals surface area contributed by atoms with E-state index in [9.17, 15) is 4.79 Å². The minimum atomic E-state index is -0.197. The number of H-pyrrole nitrogens is 1. The van der Waals surface area contributed by atoms with E-state index in [1.807, 2.05) is 31.3 Å². The van der Waals surface area contributed by atoms with Crippen LogP contribution in [0.2, 0.25) is 0 Å². The van der Waals surface area contributed by atoms with Crippen LogP contribution >= 0.6 is 0 Å². The third-order valence-corrected chi connectivity index (χ3v) is 5.25. The van der Waals surface area contributed by atoms with Gasteiger partial charge in [0.2, 0.25) is 0 Å². The molecule has 1 unspecified atom stereocenters. The maximum absolute atomic E-state index is 12.7. The van der Waals surface area contributed by atoms with Crippen molar-refractivity contribution in [1.29, 1.82) is 0 Å². The third kappa shape index (κ3) is 3.49. The van der Waals surface area contributed by atoms with Crippen LogP contribution in [0.25, 0.3) is 0 Å². The van der Waals surface area contributed by atoms with Crippen LogP contribution < -0.4 is 5.32 Å². The summed E-state index contributed by atoms with van der Waals surface area (Å²) in [5.41, 5.74) is 4.43. The molecule has 0 saturated heterocycles. The van der Waals surface area contributed by atoms with Gasteiger partial charge in [0.25, 0.3) is 5.91 Å². The molecule has 1 amide bonds. The number of nitrogens with one attached hydrogen (secondary N) is 2. The van der Waals surface area contributed by atoms with Crippen LogP contribution in [0, 0.1) is 5.41 Å². The molecule has 0 spiro atoms. The number of nitrogens with zero attached hydrogens (tertiary/aromatic N) is 4. The van der Waals surface area contributed by atoms with E-state index in [1.54, 1.807) is 17.1 Å². The molecule has 0 fully saturated rings. The Morgan fingerprint density at radius 2 is 2.22 bits per heavy atom. The second kappa shape index (κ2) is 6.64. The monoisotopic (exact) mass is 364 g/mol. The highest BCUT2D eigenvalue weighted by Crippen LogP contribution is 2.35. The van der Waals surface area contributed by atoms with Gasteiger partial charge in [-0.15, -0.1) is 0 Å². The number of fused-ring (bicyclic) bond motifs is 1. The average molecular weight is 364 g/mol. The van der Waals surface area contributed by atoms with Crippen molar-refractivity contribution < 1.29 is 4.79 Å². The first kappa shape index (κ1) is 17.5. The highest BCUT2D eigenvalue weighted by Gasteiger charge is 2.30. The first-order chi connectivity index (χ1) is 12.9. The summed E-state index contributed by atoms with van der Waals surface area (Å²) in [6.45, 7) is 6.51. The van der Waals surface area contributed by atoms with Gasteiger partial charge in [-0.3, -0.25) is 19.6 Å². The molecule has 3 aromatic rings. The number of hydrogen-bond acceptors (Lipinski definition) is 4. The predicted molar refractivity (Wildman–Crippen MR) is 103 cm³/mol. The lowest BCUT2D eigenvalue weighted by molar-refractivity contribution is 0.102. The van der Waals surface area contributed by atoms with E-state index in [2.05, 4.69) is 39.4 Å². The first-order valence-electron chi connectivity index (χ1n) is 9.25. The molecule has 1 atom stereocenters. The molecular formula is C20H24N6O. The van der Waals surface area contributed by atoms with Crippen molar-refractivity contribution in [2.75, 3.05) is 5.32 Å². The number of carbonyl (C=O) groups is 1. The lowest BCUT2D eigenvalue weighted by Crippen LogP contribution is -2.23. The lowest BCUT2D eigenvalue weighted by atomic mass is 9.76. The number of pyridine rings is 1. The molecule has 1 aliphatic carbocycles. The molecule has 7 heteroatoms. The number of hydrogen-bond donors (Lipinski definition) is 2. The smallest absolute Gasteiger partial charge is 0.276 e. The quantitative estimate of drug-likeness (QED) is 0.743. The SMILES string of the molecule is CC(c1ccccn1)n1cc(NC(=O)c2n[nH]c3c2CCC(C)(C)C3)cn1. The van der Waals surface area contributed by atoms with Gasteiger partial charge < -0.3 is 5.32 Å². The minimum Gasteiger partial charge on any atom is -0.318 e. The summed E-state index contributed by atoms with van der Waals surface area (Å²) in [7, 11) is 0. The van der Waals surface area contributed by atoms with Crippen LogP contribution in [0.3, 0.4) is 0 Å². The number of carbonyl (C=O) groups excluding carboxylic acids is 1. The van der Waals surface area contributed by atoms with Gasteiger partial charge in [0.15, 0.2) is 5.69 Å². The Labute approximate surface area is 158 Å². The van der Waals surface area contributed by atoms with Crippen molar-refractivity contribution in [3.05, 3.63) is 59.4 Å². The van der Waals surface area contributed by atoms with E-state index >= 15 is 0 Å². The van der Waals surface area contributed by atoms with Crippen LogP contribution in [0.15, 0.2) is 36.8 Å². The molecule has 27 heavy (non-hydrogen) atoms. The Morgan fingerprint density at radius 1 is 1.37 bits per heavy atom. The topological polar surface area (TPSA) is 88.5 Å². The average Bonchev–Trinajstić information content (AvgIpc) is 3.27. The maximum Gasteiger partial charge on any atom is 0.276 e. The van der Waals surface area contributed by atoms with E-state index in [0.717, 1.165) is 36.2 Å². The summed E-state index contributed by atoms with van der Waals surface area (Å²) in [6.07, 6.45) is 8.08. The fraction of sp³-hybridized carbons (Fsp3) is 0.400. The summed E-state index contributed by atoms with van der Waals surface area (Å²) in [5, 5.41) is 14.6. The predicted octanol–water partition coefficient (Wildman–Crippen LogP) is 3.38. The van der Waals surface area contributed by atoms with Gasteiger partial charge in [-0.25, -0.2) is 0 Å². The molecule has 2 N–H and O–H groups in total. The van der Waals surface area contributed by atoms with Crippen LogP contribution in [0.4, 0.5) is 5.69 Å². The molecule has 3 aromatic heterocycles. The van der Waals surface area contributed by atoms with E-state index in [-0.39, 0.29) is 17.4 Å². The molecule has 0 aliphatic heterocycles. The fourth-order valence-corrected chi connectivity index (χ4v) is 3.60. The van der Waals surface area contributed by atoms with E-state index in [0.29, 0.717) is 11.4 Å². The molecular weight excluding hydrogens is 340 g/mol. The number of amides is 1. The summed E-state index contributed by atoms with van der Waals surface area (Å²) in [4.78, 5) is 17.1. The molecule has 0 radical (unpaired) electrons. The van der Waals surface area contributed by atoms with Gasteiger partial charge >= 0.3 is 0 Å². The molecule has 0 aromatic carbocycles. The Bertz CT molecular complexity index is 956. The Morgan fingerprint density at radius 3 is 3.00 bits per heavy atom. The van der Waals surface area contributed by atoms with Crippen molar-refractivity contribution in [2.45, 2.75) is 46.1 Å². The van der Waals surface area contributed by atoms with Gasteiger partial charge in [0.05, 0.1) is 23.6 Å². The minimum absolute atomic E-state index is 0.0165. The first-order valence-corrected chi connectivity index (χ1v) is 9.25. The van der Waals surface area contributed by atoms with Gasteiger partial charge in [-0.1, -0.05) is 19.9 Å². The van der Waals surface area contributed by atoms with Crippen molar-refractivity contribution in [3.63, 3.8) is 0 Å². The lowest BCUT2D eigenvalue weighted by Gasteiger charge is -2.28. The Hall–Kier alpha value is -2.96. The summed E-state index contributed by atoms with van der Waals surface area (Å²) in [5.74, 6) is -0.197. The molecule has 3 heterocycles. The standard InChI is InChI=1S/C20H24N6O/c1-13(16-6-4-5-9-21-16)26-12-14(11-22-26)23-19(27)18-15-7-8-20(2,3)10-17(15)24-25-18/h4-6,9,11-13H,7-8,10H2,1-3H3,(H,23,27)(H,24,25). The van der Waals surface area contributed by atoms with Crippen molar-refractivity contribution in [2.24, 2.45) is 5.41 Å². The van der Waals surface area contributed by atoms with Gasteiger partial charge in [0.1, 0.15) is 0 Å². The summed E-state index contributed by atoms with van der Waals surface area (Å²) < 4.78 is 1.79. The summed E-state index contributed by atoms with van der Waals surface area (Å²) >= 11 is 0. The van der Waals surface area contributed by atoms with Gasteiger partial charge in [0, 0.05) is 23.7 Å². The molecule has 140 valence electrons. The summed E-state index contributed by atoms with van der Waals surface area (Å²) in [6, 6.07) is 5.78. The highest BCUT2D eigenvalue weighted by molar-refractivity contribution is 6.03. The fourth-order valence-electron chi connectivity index (χ4n) is 3.60. The zero-order valence-electron chi connectivity index (χ0n) is 15.9. The van der Waals surface area contributed by atoms with Crippen molar-refractivity contribution in [1.82, 2.24) is 25.0 Å². The van der Waals surface area contributed by atoms with Crippen LogP contribution in [0.5, 0.6) is 0 Å². The number of aromatic nitrogens is 5.